The van der Waals surface area contributed by atoms with Crippen molar-refractivity contribution in [3.05, 3.63) is 28.6 Å². The number of hydrogen-bond acceptors (Lipinski definition) is 5. The maximum Gasteiger partial charge on any atom is 0.234 e. The molecule has 3 rings (SSSR count). The van der Waals surface area contributed by atoms with E-state index < -0.39 is 0 Å². The van der Waals surface area contributed by atoms with Gasteiger partial charge in [-0.1, -0.05) is 0 Å². The lowest BCUT2D eigenvalue weighted by Gasteiger charge is -2.22. The summed E-state index contributed by atoms with van der Waals surface area (Å²) in [5, 5.41) is 6.48. The van der Waals surface area contributed by atoms with Crippen molar-refractivity contribution < 1.29 is 4.79 Å². The average molecular weight is 331 g/mol. The first kappa shape index (κ1) is 17.3. The van der Waals surface area contributed by atoms with Crippen LogP contribution in [0, 0.1) is 6.92 Å². The van der Waals surface area contributed by atoms with E-state index in [0.717, 1.165) is 44.7 Å². The molecule has 6 heteroatoms. The molecule has 1 saturated heterocycles. The molecule has 1 amide bonds. The van der Waals surface area contributed by atoms with Crippen molar-refractivity contribution in [2.24, 2.45) is 0 Å². The van der Waals surface area contributed by atoms with Gasteiger partial charge in [0, 0.05) is 44.1 Å². The minimum Gasteiger partial charge on any atom is -0.351 e. The van der Waals surface area contributed by atoms with Crippen molar-refractivity contribution in [1.82, 2.24) is 25.4 Å². The normalized spacial score (nSPS) is 21.1. The smallest absolute Gasteiger partial charge is 0.234 e. The number of rotatable bonds is 5. The van der Waals surface area contributed by atoms with Gasteiger partial charge in [0.15, 0.2) is 0 Å². The van der Waals surface area contributed by atoms with Gasteiger partial charge >= 0.3 is 0 Å². The largest absolute Gasteiger partial charge is 0.351 e. The molecule has 1 fully saturated rings. The van der Waals surface area contributed by atoms with E-state index in [4.69, 9.17) is 0 Å². The summed E-state index contributed by atoms with van der Waals surface area (Å²) in [6.45, 7) is 6.97. The van der Waals surface area contributed by atoms with Gasteiger partial charge in [-0.05, 0) is 57.1 Å². The highest BCUT2D eigenvalue weighted by molar-refractivity contribution is 5.78. The molecule has 132 valence electrons. The highest BCUT2D eigenvalue weighted by Crippen LogP contribution is 2.20. The van der Waals surface area contributed by atoms with E-state index in [0.29, 0.717) is 19.1 Å². The predicted molar refractivity (Wildman–Crippen MR) is 94.8 cm³/mol. The molecule has 6 nitrogen and oxygen atoms in total. The van der Waals surface area contributed by atoms with Gasteiger partial charge in [0.05, 0.1) is 6.54 Å². The maximum absolute atomic E-state index is 12.3. The molecule has 0 aromatic carbocycles. The molecule has 0 unspecified atom stereocenters. The highest BCUT2D eigenvalue weighted by Gasteiger charge is 2.25. The summed E-state index contributed by atoms with van der Waals surface area (Å²) in [6.07, 6.45) is 4.12. The van der Waals surface area contributed by atoms with Gasteiger partial charge in [-0.2, -0.15) is 0 Å². The van der Waals surface area contributed by atoms with Crippen LogP contribution < -0.4 is 10.6 Å². The molecule has 2 aliphatic rings. The Morgan fingerprint density at radius 1 is 1.50 bits per heavy atom. The minimum absolute atomic E-state index is 0.111. The topological polar surface area (TPSA) is 60.5 Å². The second kappa shape index (κ2) is 7.59. The molecular formula is C18H29N5O. The zero-order valence-electron chi connectivity index (χ0n) is 15.1. The third kappa shape index (κ3) is 3.94. The van der Waals surface area contributed by atoms with Crippen LogP contribution in [0.5, 0.6) is 0 Å². The number of likely N-dealkylation sites (tertiary alicyclic amines) is 1. The van der Waals surface area contributed by atoms with Gasteiger partial charge in [-0.25, -0.2) is 0 Å². The minimum atomic E-state index is 0.111. The molecule has 0 spiro atoms. The molecule has 2 N–H and O–H groups in total. The SMILES string of the molecule is Cc1ncc2c(c1CNC(=O)CN1CC[C@@H](N(C)C)C1)CCNC2. The lowest BCUT2D eigenvalue weighted by atomic mass is 9.96. The van der Waals surface area contributed by atoms with Crippen LogP contribution in [0.4, 0.5) is 0 Å². The zero-order chi connectivity index (χ0) is 17.1. The van der Waals surface area contributed by atoms with Gasteiger partial charge in [0.25, 0.3) is 0 Å². The number of pyridine rings is 1. The van der Waals surface area contributed by atoms with Gasteiger partial charge in [-0.3, -0.25) is 14.7 Å². The van der Waals surface area contributed by atoms with Crippen LogP contribution in [0.25, 0.3) is 0 Å². The molecule has 0 bridgehead atoms. The van der Waals surface area contributed by atoms with Gasteiger partial charge < -0.3 is 15.5 Å². The first-order chi connectivity index (χ1) is 11.5. The second-order valence-electron chi connectivity index (χ2n) is 7.17. The number of hydrogen-bond donors (Lipinski definition) is 2. The van der Waals surface area contributed by atoms with Crippen molar-refractivity contribution in [2.45, 2.75) is 38.9 Å². The summed E-state index contributed by atoms with van der Waals surface area (Å²) in [6, 6.07) is 0.567. The van der Waals surface area contributed by atoms with E-state index >= 15 is 0 Å². The molecule has 1 aromatic heterocycles. The number of nitrogens with zero attached hydrogens (tertiary/aromatic N) is 3. The van der Waals surface area contributed by atoms with Crippen LogP contribution in [-0.4, -0.2) is 67.0 Å². The number of likely N-dealkylation sites (N-methyl/N-ethyl adjacent to an activating group) is 1. The predicted octanol–water partition coefficient (Wildman–Crippen LogP) is 0.288. The molecule has 0 radical (unpaired) electrons. The molecule has 1 aromatic rings. The van der Waals surface area contributed by atoms with Crippen LogP contribution in [0.1, 0.15) is 28.8 Å². The van der Waals surface area contributed by atoms with Crippen molar-refractivity contribution >= 4 is 5.91 Å². The number of carbonyl (C=O) groups excluding carboxylic acids is 1. The van der Waals surface area contributed by atoms with Crippen molar-refractivity contribution in [3.63, 3.8) is 0 Å². The monoisotopic (exact) mass is 331 g/mol. The van der Waals surface area contributed by atoms with Gasteiger partial charge in [0.1, 0.15) is 0 Å². The van der Waals surface area contributed by atoms with Crippen molar-refractivity contribution in [1.29, 1.82) is 0 Å². The molecule has 3 heterocycles. The van der Waals surface area contributed by atoms with E-state index in [1.807, 2.05) is 13.1 Å². The second-order valence-corrected chi connectivity index (χ2v) is 7.17. The van der Waals surface area contributed by atoms with Crippen LogP contribution >= 0.6 is 0 Å². The number of fused-ring (bicyclic) bond motifs is 1. The molecule has 2 aliphatic heterocycles. The number of aromatic nitrogens is 1. The first-order valence-corrected chi connectivity index (χ1v) is 8.87. The average Bonchev–Trinajstić information content (AvgIpc) is 3.02. The lowest BCUT2D eigenvalue weighted by molar-refractivity contribution is -0.122. The van der Waals surface area contributed by atoms with Gasteiger partial charge in [0.2, 0.25) is 5.91 Å². The summed E-state index contributed by atoms with van der Waals surface area (Å²) in [5.41, 5.74) is 4.87. The highest BCUT2D eigenvalue weighted by atomic mass is 16.2. The van der Waals surface area contributed by atoms with Crippen LogP contribution in [0.15, 0.2) is 6.20 Å². The lowest BCUT2D eigenvalue weighted by Crippen LogP contribution is -2.38. The third-order valence-corrected chi connectivity index (χ3v) is 5.28. The van der Waals surface area contributed by atoms with Crippen LogP contribution in [0.3, 0.4) is 0 Å². The number of amides is 1. The Hall–Kier alpha value is -1.50. The summed E-state index contributed by atoms with van der Waals surface area (Å²) in [4.78, 5) is 21.3. The Labute approximate surface area is 144 Å². The molecule has 0 saturated carbocycles. The Kier molecular flexibility index (Phi) is 5.48. The maximum atomic E-state index is 12.3. The van der Waals surface area contributed by atoms with E-state index in [1.165, 1.54) is 16.7 Å². The number of carbonyl (C=O) groups is 1. The molecular weight excluding hydrogens is 302 g/mol. The van der Waals surface area contributed by atoms with Gasteiger partial charge in [-0.15, -0.1) is 0 Å². The third-order valence-electron chi connectivity index (χ3n) is 5.28. The standard InChI is InChI=1S/C18H29N5O/c1-13-17(16-4-6-19-8-14(16)9-20-13)10-21-18(24)12-23-7-5-15(11-23)22(2)3/h9,15,19H,4-8,10-12H2,1-3H3,(H,21,24)/t15-/m1/s1. The fourth-order valence-electron chi connectivity index (χ4n) is 3.70. The fraction of sp³-hybridized carbons (Fsp3) is 0.667. The Bertz CT molecular complexity index is 601. The summed E-state index contributed by atoms with van der Waals surface area (Å²) < 4.78 is 0. The zero-order valence-corrected chi connectivity index (χ0v) is 15.1. The Balaban J connectivity index is 1.55. The van der Waals surface area contributed by atoms with Crippen LogP contribution in [-0.2, 0) is 24.3 Å². The number of nitrogens with one attached hydrogen (secondary N) is 2. The molecule has 1 atom stereocenters. The summed E-state index contributed by atoms with van der Waals surface area (Å²) in [5.74, 6) is 0.111. The quantitative estimate of drug-likeness (QED) is 0.812. The Morgan fingerprint density at radius 3 is 3.08 bits per heavy atom. The first-order valence-electron chi connectivity index (χ1n) is 8.87. The molecule has 24 heavy (non-hydrogen) atoms. The van der Waals surface area contributed by atoms with E-state index in [1.54, 1.807) is 0 Å². The Morgan fingerprint density at radius 2 is 2.33 bits per heavy atom. The van der Waals surface area contributed by atoms with Crippen LogP contribution in [0.2, 0.25) is 0 Å². The van der Waals surface area contributed by atoms with Crippen molar-refractivity contribution in [2.75, 3.05) is 40.3 Å². The summed E-state index contributed by atoms with van der Waals surface area (Å²) >= 11 is 0. The number of aryl methyl sites for hydroxylation is 1. The van der Waals surface area contributed by atoms with E-state index in [-0.39, 0.29) is 5.91 Å². The summed E-state index contributed by atoms with van der Waals surface area (Å²) in [7, 11) is 4.22. The van der Waals surface area contributed by atoms with E-state index in [2.05, 4.69) is 39.5 Å². The molecule has 0 aliphatic carbocycles. The fourth-order valence-corrected chi connectivity index (χ4v) is 3.70. The van der Waals surface area contributed by atoms with Crippen molar-refractivity contribution in [3.8, 4) is 0 Å². The van der Waals surface area contributed by atoms with E-state index in [9.17, 15) is 4.79 Å².